The number of nitrogens with zero attached hydrogens (tertiary/aromatic N) is 1. The van der Waals surface area contributed by atoms with Crippen LogP contribution in [0.4, 0.5) is 10.1 Å². The summed E-state index contributed by atoms with van der Waals surface area (Å²) in [6.07, 6.45) is 0.965. The minimum absolute atomic E-state index is 0.0384. The average molecular weight is 228 g/mol. The van der Waals surface area contributed by atoms with Crippen molar-refractivity contribution in [2.75, 3.05) is 11.0 Å². The fraction of sp³-hybridized carbons (Fsp3) is 0.222. The zero-order valence-electron chi connectivity index (χ0n) is 8.20. The average Bonchev–Trinajstić information content (AvgIpc) is 2.08. The molecule has 0 saturated carbocycles. The molecule has 0 aliphatic carbocycles. The van der Waals surface area contributed by atoms with Crippen molar-refractivity contribution < 1.29 is 12.8 Å². The highest BCUT2D eigenvalue weighted by Gasteiger charge is 2.10. The Morgan fingerprint density at radius 3 is 2.53 bits per heavy atom. The predicted molar refractivity (Wildman–Crippen MR) is 54.3 cm³/mol. The van der Waals surface area contributed by atoms with Gasteiger partial charge in [0, 0.05) is 0 Å². The molecule has 6 heteroatoms. The molecule has 0 aliphatic rings. The molecule has 1 aromatic rings. The zero-order valence-corrected chi connectivity index (χ0v) is 9.02. The van der Waals surface area contributed by atoms with Gasteiger partial charge in [-0.05, 0) is 24.6 Å². The first-order chi connectivity index (χ1) is 6.83. The molecule has 1 rings (SSSR count). The SMILES string of the molecule is Cc1cc(NS(C)(=O)=O)c(C#N)cc1F. The maximum atomic E-state index is 13.1. The Kier molecular flexibility index (Phi) is 2.95. The lowest BCUT2D eigenvalue weighted by Gasteiger charge is -2.07. The number of aryl methyl sites for hydroxylation is 1. The maximum Gasteiger partial charge on any atom is 0.229 e. The van der Waals surface area contributed by atoms with Crippen LogP contribution in [-0.2, 0) is 10.0 Å². The van der Waals surface area contributed by atoms with Gasteiger partial charge in [-0.15, -0.1) is 0 Å². The molecule has 4 nitrogen and oxygen atoms in total. The third-order valence-electron chi connectivity index (χ3n) is 1.71. The first-order valence-corrected chi connectivity index (χ1v) is 5.90. The largest absolute Gasteiger partial charge is 0.282 e. The second kappa shape index (κ2) is 3.87. The van der Waals surface area contributed by atoms with Crippen molar-refractivity contribution in [2.24, 2.45) is 0 Å². The molecular weight excluding hydrogens is 219 g/mol. The zero-order chi connectivity index (χ0) is 11.6. The minimum atomic E-state index is -3.46. The van der Waals surface area contributed by atoms with E-state index in [9.17, 15) is 12.8 Å². The maximum absolute atomic E-state index is 13.1. The molecular formula is C9H9FN2O2S. The van der Waals surface area contributed by atoms with Crippen LogP contribution < -0.4 is 4.72 Å². The minimum Gasteiger partial charge on any atom is -0.282 e. The van der Waals surface area contributed by atoms with E-state index in [0.717, 1.165) is 12.3 Å². The van der Waals surface area contributed by atoms with E-state index in [2.05, 4.69) is 4.72 Å². The Bertz CT molecular complexity index is 532. The van der Waals surface area contributed by atoms with Crippen LogP contribution in [0.25, 0.3) is 0 Å². The number of rotatable bonds is 2. The van der Waals surface area contributed by atoms with Crippen molar-refractivity contribution in [1.29, 1.82) is 5.26 Å². The summed E-state index contributed by atoms with van der Waals surface area (Å²) in [6.45, 7) is 1.49. The predicted octanol–water partition coefficient (Wildman–Crippen LogP) is 1.38. The molecule has 15 heavy (non-hydrogen) atoms. The number of nitriles is 1. The fourth-order valence-electron chi connectivity index (χ4n) is 1.06. The van der Waals surface area contributed by atoms with Gasteiger partial charge in [-0.25, -0.2) is 12.8 Å². The van der Waals surface area contributed by atoms with Gasteiger partial charge in [0.25, 0.3) is 0 Å². The van der Waals surface area contributed by atoms with Gasteiger partial charge in [0.05, 0.1) is 17.5 Å². The standard InChI is InChI=1S/C9H9FN2O2S/c1-6-3-9(12-15(2,13)14)7(5-11)4-8(6)10/h3-4,12H,1-2H3. The molecule has 0 unspecified atom stereocenters. The number of sulfonamides is 1. The van der Waals surface area contributed by atoms with Crippen LogP contribution >= 0.6 is 0 Å². The highest BCUT2D eigenvalue weighted by Crippen LogP contribution is 2.20. The highest BCUT2D eigenvalue weighted by atomic mass is 32.2. The van der Waals surface area contributed by atoms with Crippen molar-refractivity contribution in [3.05, 3.63) is 29.1 Å². The Balaban J connectivity index is 3.30. The van der Waals surface area contributed by atoms with Crippen LogP contribution in [0.3, 0.4) is 0 Å². The van der Waals surface area contributed by atoms with Crippen LogP contribution in [0.15, 0.2) is 12.1 Å². The van der Waals surface area contributed by atoms with Crippen molar-refractivity contribution in [3.63, 3.8) is 0 Å². The summed E-state index contributed by atoms with van der Waals surface area (Å²) in [7, 11) is -3.46. The van der Waals surface area contributed by atoms with Crippen LogP contribution in [0, 0.1) is 24.1 Å². The van der Waals surface area contributed by atoms with Gasteiger partial charge in [-0.3, -0.25) is 4.72 Å². The molecule has 0 radical (unpaired) electrons. The van der Waals surface area contributed by atoms with Gasteiger partial charge in [0.2, 0.25) is 10.0 Å². The first-order valence-electron chi connectivity index (χ1n) is 4.01. The molecule has 80 valence electrons. The smallest absolute Gasteiger partial charge is 0.229 e. The normalized spacial score (nSPS) is 10.8. The fourth-order valence-corrected chi connectivity index (χ4v) is 1.63. The number of anilines is 1. The summed E-state index contributed by atoms with van der Waals surface area (Å²) in [5.41, 5.74) is 0.336. The van der Waals surface area contributed by atoms with Crippen LogP contribution in [-0.4, -0.2) is 14.7 Å². The Morgan fingerprint density at radius 2 is 2.07 bits per heavy atom. The van der Waals surface area contributed by atoms with E-state index in [1.165, 1.54) is 13.0 Å². The molecule has 0 fully saturated rings. The van der Waals surface area contributed by atoms with Crippen LogP contribution in [0.5, 0.6) is 0 Å². The van der Waals surface area contributed by atoms with Gasteiger partial charge in [-0.2, -0.15) is 5.26 Å². The summed E-state index contributed by atoms with van der Waals surface area (Å²) in [6, 6.07) is 4.01. The summed E-state index contributed by atoms with van der Waals surface area (Å²) in [5, 5.41) is 8.68. The monoisotopic (exact) mass is 228 g/mol. The van der Waals surface area contributed by atoms with E-state index >= 15 is 0 Å². The number of hydrogen-bond acceptors (Lipinski definition) is 3. The molecule has 0 amide bonds. The van der Waals surface area contributed by atoms with Crippen molar-refractivity contribution in [2.45, 2.75) is 6.92 Å². The van der Waals surface area contributed by atoms with E-state index in [1.807, 2.05) is 0 Å². The van der Waals surface area contributed by atoms with Gasteiger partial charge < -0.3 is 0 Å². The third kappa shape index (κ3) is 2.92. The number of nitrogens with one attached hydrogen (secondary N) is 1. The highest BCUT2D eigenvalue weighted by molar-refractivity contribution is 7.92. The summed E-state index contributed by atoms with van der Waals surface area (Å²) < 4.78 is 37.1. The molecule has 0 atom stereocenters. The first kappa shape index (κ1) is 11.5. The summed E-state index contributed by atoms with van der Waals surface area (Å²) >= 11 is 0. The van der Waals surface area contributed by atoms with Gasteiger partial charge in [-0.1, -0.05) is 0 Å². The molecule has 0 aromatic heterocycles. The van der Waals surface area contributed by atoms with Gasteiger partial charge in [0.1, 0.15) is 11.9 Å². The van der Waals surface area contributed by atoms with Gasteiger partial charge in [0.15, 0.2) is 0 Å². The molecule has 1 N–H and O–H groups in total. The van der Waals surface area contributed by atoms with E-state index < -0.39 is 15.8 Å². The molecule has 0 aliphatic heterocycles. The Labute approximate surface area is 87.4 Å². The summed E-state index contributed by atoms with van der Waals surface area (Å²) in [5.74, 6) is -0.536. The summed E-state index contributed by atoms with van der Waals surface area (Å²) in [4.78, 5) is 0. The molecule has 0 saturated heterocycles. The second-order valence-corrected chi connectivity index (χ2v) is 4.88. The van der Waals surface area contributed by atoms with Gasteiger partial charge >= 0.3 is 0 Å². The second-order valence-electron chi connectivity index (χ2n) is 3.13. The van der Waals surface area contributed by atoms with Crippen LogP contribution in [0.1, 0.15) is 11.1 Å². The van der Waals surface area contributed by atoms with Crippen molar-refractivity contribution >= 4 is 15.7 Å². The molecule has 0 heterocycles. The van der Waals surface area contributed by atoms with Crippen molar-refractivity contribution in [3.8, 4) is 6.07 Å². The molecule has 1 aromatic carbocycles. The van der Waals surface area contributed by atoms with Crippen molar-refractivity contribution in [1.82, 2.24) is 0 Å². The quantitative estimate of drug-likeness (QED) is 0.831. The number of halogens is 1. The van der Waals surface area contributed by atoms with E-state index in [1.54, 1.807) is 6.07 Å². The molecule has 0 spiro atoms. The van der Waals surface area contributed by atoms with E-state index in [0.29, 0.717) is 0 Å². The topological polar surface area (TPSA) is 70.0 Å². The lowest BCUT2D eigenvalue weighted by Crippen LogP contribution is -2.11. The van der Waals surface area contributed by atoms with E-state index in [-0.39, 0.29) is 16.8 Å². The lowest BCUT2D eigenvalue weighted by molar-refractivity contribution is 0.606. The Morgan fingerprint density at radius 1 is 1.47 bits per heavy atom. The molecule has 0 bridgehead atoms. The number of hydrogen-bond donors (Lipinski definition) is 1. The third-order valence-corrected chi connectivity index (χ3v) is 2.31. The lowest BCUT2D eigenvalue weighted by atomic mass is 10.1. The van der Waals surface area contributed by atoms with E-state index in [4.69, 9.17) is 5.26 Å². The number of benzene rings is 1. The van der Waals surface area contributed by atoms with Crippen LogP contribution in [0.2, 0.25) is 0 Å². The Hall–Kier alpha value is -1.61.